The second kappa shape index (κ2) is 11.5. The largest absolute Gasteiger partial charge is 0.352 e. The quantitative estimate of drug-likeness (QED) is 0.546. The molecule has 9 heteroatoms. The molecule has 0 radical (unpaired) electrons. The van der Waals surface area contributed by atoms with E-state index in [0.29, 0.717) is 10.7 Å². The lowest BCUT2D eigenvalue weighted by atomic mass is 10.1. The fourth-order valence-electron chi connectivity index (χ4n) is 3.20. The summed E-state index contributed by atoms with van der Waals surface area (Å²) in [6, 6.07) is 13.0. The van der Waals surface area contributed by atoms with E-state index in [1.165, 1.54) is 4.90 Å². The first-order valence-electron chi connectivity index (χ1n) is 10.8. The molecule has 2 rings (SSSR count). The van der Waals surface area contributed by atoms with Crippen molar-refractivity contribution in [2.75, 3.05) is 17.1 Å². The topological polar surface area (TPSA) is 86.8 Å². The van der Waals surface area contributed by atoms with Gasteiger partial charge in [0.15, 0.2) is 0 Å². The number of aryl methyl sites for hydroxylation is 1. The normalized spacial score (nSPS) is 13.2. The van der Waals surface area contributed by atoms with Crippen LogP contribution in [0.2, 0.25) is 5.02 Å². The minimum absolute atomic E-state index is 0.0526. The first-order chi connectivity index (χ1) is 15.4. The summed E-state index contributed by atoms with van der Waals surface area (Å²) in [5, 5.41) is 3.40. The van der Waals surface area contributed by atoms with E-state index in [0.717, 1.165) is 28.1 Å². The Morgan fingerprint density at radius 2 is 1.73 bits per heavy atom. The number of carbonyl (C=O) groups excluding carboxylic acids is 2. The van der Waals surface area contributed by atoms with Gasteiger partial charge in [0.05, 0.1) is 11.9 Å². The van der Waals surface area contributed by atoms with Crippen molar-refractivity contribution in [3.05, 3.63) is 64.7 Å². The van der Waals surface area contributed by atoms with E-state index in [4.69, 9.17) is 11.6 Å². The summed E-state index contributed by atoms with van der Waals surface area (Å²) < 4.78 is 26.1. The highest BCUT2D eigenvalue weighted by atomic mass is 35.5. The Labute approximate surface area is 201 Å². The van der Waals surface area contributed by atoms with Crippen molar-refractivity contribution in [1.29, 1.82) is 0 Å². The second-order valence-electron chi connectivity index (χ2n) is 8.25. The minimum atomic E-state index is -3.74. The molecule has 0 bridgehead atoms. The number of hydrogen-bond donors (Lipinski definition) is 1. The Kier molecular flexibility index (Phi) is 9.31. The molecule has 2 amide bonds. The Morgan fingerprint density at radius 3 is 2.27 bits per heavy atom. The van der Waals surface area contributed by atoms with Crippen molar-refractivity contribution in [1.82, 2.24) is 10.2 Å². The highest BCUT2D eigenvalue weighted by Gasteiger charge is 2.30. The van der Waals surface area contributed by atoms with Gasteiger partial charge in [-0.15, -0.1) is 0 Å². The molecular formula is C24H32ClN3O4S. The molecule has 0 spiro atoms. The molecule has 0 heterocycles. The average Bonchev–Trinajstić information content (AvgIpc) is 2.75. The smallest absolute Gasteiger partial charge is 0.244 e. The number of sulfonamides is 1. The van der Waals surface area contributed by atoms with Crippen LogP contribution in [0.25, 0.3) is 0 Å². The van der Waals surface area contributed by atoms with Crippen LogP contribution in [0.15, 0.2) is 48.5 Å². The number of halogens is 1. The molecule has 0 aliphatic carbocycles. The second-order valence-corrected chi connectivity index (χ2v) is 10.6. The van der Waals surface area contributed by atoms with Crippen LogP contribution >= 0.6 is 11.6 Å². The molecule has 0 unspecified atom stereocenters. The van der Waals surface area contributed by atoms with Crippen molar-refractivity contribution in [3.63, 3.8) is 0 Å². The highest BCUT2D eigenvalue weighted by Crippen LogP contribution is 2.20. The molecule has 180 valence electrons. The first-order valence-corrected chi connectivity index (χ1v) is 13.0. The van der Waals surface area contributed by atoms with Gasteiger partial charge in [0.1, 0.15) is 12.6 Å². The van der Waals surface area contributed by atoms with E-state index in [1.807, 2.05) is 20.8 Å². The van der Waals surface area contributed by atoms with Gasteiger partial charge in [-0.25, -0.2) is 8.42 Å². The molecule has 2 atom stereocenters. The summed E-state index contributed by atoms with van der Waals surface area (Å²) in [4.78, 5) is 27.7. The van der Waals surface area contributed by atoms with Gasteiger partial charge < -0.3 is 10.2 Å². The highest BCUT2D eigenvalue weighted by molar-refractivity contribution is 7.92. The summed E-state index contributed by atoms with van der Waals surface area (Å²) in [5.74, 6) is -0.797. The maximum Gasteiger partial charge on any atom is 0.244 e. The molecule has 0 fully saturated rings. The van der Waals surface area contributed by atoms with Crippen molar-refractivity contribution in [3.8, 4) is 0 Å². The molecule has 1 N–H and O–H groups in total. The minimum Gasteiger partial charge on any atom is -0.352 e. The molecule has 2 aromatic rings. The summed E-state index contributed by atoms with van der Waals surface area (Å²) in [7, 11) is -3.74. The molecule has 0 saturated heterocycles. The van der Waals surface area contributed by atoms with Gasteiger partial charge in [-0.1, -0.05) is 48.4 Å². The molecule has 2 aromatic carbocycles. The fraction of sp³-hybridized carbons (Fsp3) is 0.417. The van der Waals surface area contributed by atoms with Crippen LogP contribution in [-0.4, -0.2) is 50.0 Å². The van der Waals surface area contributed by atoms with Crippen LogP contribution in [0, 0.1) is 6.92 Å². The maximum atomic E-state index is 13.4. The predicted octanol–water partition coefficient (Wildman–Crippen LogP) is 3.75. The van der Waals surface area contributed by atoms with E-state index < -0.39 is 28.5 Å². The number of carbonyl (C=O) groups is 2. The zero-order valence-electron chi connectivity index (χ0n) is 19.7. The fourth-order valence-corrected chi connectivity index (χ4v) is 4.27. The zero-order chi connectivity index (χ0) is 24.8. The number of benzene rings is 2. The van der Waals surface area contributed by atoms with Crippen molar-refractivity contribution in [2.45, 2.75) is 52.7 Å². The van der Waals surface area contributed by atoms with E-state index in [9.17, 15) is 18.0 Å². The average molecular weight is 494 g/mol. The van der Waals surface area contributed by atoms with Crippen LogP contribution in [0.3, 0.4) is 0 Å². The third-order valence-electron chi connectivity index (χ3n) is 5.41. The summed E-state index contributed by atoms with van der Waals surface area (Å²) in [6.07, 6.45) is 1.80. The summed E-state index contributed by atoms with van der Waals surface area (Å²) in [5.41, 5.74) is 2.09. The van der Waals surface area contributed by atoms with E-state index >= 15 is 0 Å². The van der Waals surface area contributed by atoms with Crippen LogP contribution in [-0.2, 0) is 26.2 Å². The lowest BCUT2D eigenvalue weighted by molar-refractivity contribution is -0.139. The van der Waals surface area contributed by atoms with Crippen molar-refractivity contribution in [2.24, 2.45) is 0 Å². The van der Waals surface area contributed by atoms with Crippen LogP contribution in [0.4, 0.5) is 5.69 Å². The lowest BCUT2D eigenvalue weighted by Crippen LogP contribution is -2.52. The van der Waals surface area contributed by atoms with E-state index in [1.54, 1.807) is 55.5 Å². The summed E-state index contributed by atoms with van der Waals surface area (Å²) in [6.45, 7) is 7.05. The maximum absolute atomic E-state index is 13.4. The molecule has 33 heavy (non-hydrogen) atoms. The number of anilines is 1. The first kappa shape index (κ1) is 26.7. The number of hydrogen-bond acceptors (Lipinski definition) is 4. The SMILES string of the molecule is CC[C@H](C)NC(=O)[C@H](C)N(Cc1cccc(Cl)c1)C(=O)CN(c1ccc(C)cc1)S(C)(=O)=O. The van der Waals surface area contributed by atoms with Gasteiger partial charge in [0.2, 0.25) is 21.8 Å². The Hall–Kier alpha value is -2.58. The van der Waals surface area contributed by atoms with Gasteiger partial charge in [-0.3, -0.25) is 13.9 Å². The predicted molar refractivity (Wildman–Crippen MR) is 133 cm³/mol. The van der Waals surface area contributed by atoms with Crippen molar-refractivity contribution >= 4 is 39.1 Å². The molecule has 0 saturated carbocycles. The molecule has 0 aromatic heterocycles. The van der Waals surface area contributed by atoms with Crippen LogP contribution in [0.5, 0.6) is 0 Å². The van der Waals surface area contributed by atoms with Crippen LogP contribution < -0.4 is 9.62 Å². The van der Waals surface area contributed by atoms with Crippen molar-refractivity contribution < 1.29 is 18.0 Å². The lowest BCUT2D eigenvalue weighted by Gasteiger charge is -2.32. The number of nitrogens with one attached hydrogen (secondary N) is 1. The van der Waals surface area contributed by atoms with Crippen LogP contribution in [0.1, 0.15) is 38.3 Å². The Morgan fingerprint density at radius 1 is 1.09 bits per heavy atom. The molecule has 7 nitrogen and oxygen atoms in total. The number of nitrogens with zero attached hydrogens (tertiary/aromatic N) is 2. The van der Waals surface area contributed by atoms with Gasteiger partial charge >= 0.3 is 0 Å². The summed E-state index contributed by atoms with van der Waals surface area (Å²) >= 11 is 6.10. The number of amides is 2. The third kappa shape index (κ3) is 7.75. The monoisotopic (exact) mass is 493 g/mol. The van der Waals surface area contributed by atoms with E-state index in [2.05, 4.69) is 5.32 Å². The Balaban J connectivity index is 2.37. The number of rotatable bonds is 10. The van der Waals surface area contributed by atoms with Gasteiger partial charge in [-0.2, -0.15) is 0 Å². The van der Waals surface area contributed by atoms with Gasteiger partial charge in [-0.05, 0) is 57.0 Å². The molecule has 0 aliphatic heterocycles. The Bertz CT molecular complexity index is 1070. The van der Waals surface area contributed by atoms with E-state index in [-0.39, 0.29) is 18.5 Å². The third-order valence-corrected chi connectivity index (χ3v) is 6.79. The van der Waals surface area contributed by atoms with Gasteiger partial charge in [0.25, 0.3) is 0 Å². The standard InChI is InChI=1S/C24H32ClN3O4S/c1-6-18(3)26-24(30)19(4)27(15-20-8-7-9-21(25)14-20)23(29)16-28(33(5,31)32)22-12-10-17(2)11-13-22/h7-14,18-19H,6,15-16H2,1-5H3,(H,26,30)/t18-,19-/m0/s1. The molecular weight excluding hydrogens is 462 g/mol. The zero-order valence-corrected chi connectivity index (χ0v) is 21.3. The molecule has 0 aliphatic rings. The van der Waals surface area contributed by atoms with Gasteiger partial charge in [0, 0.05) is 17.6 Å².